The minimum absolute atomic E-state index is 0.000125. The Morgan fingerprint density at radius 2 is 1.85 bits per heavy atom. The number of amides is 1. The van der Waals surface area contributed by atoms with E-state index in [0.29, 0.717) is 11.6 Å². The zero-order valence-electron chi connectivity index (χ0n) is 20.4. The second-order valence-corrected chi connectivity index (χ2v) is 8.69. The fourth-order valence-electron chi connectivity index (χ4n) is 4.83. The first-order valence-corrected chi connectivity index (χ1v) is 11.7. The van der Waals surface area contributed by atoms with E-state index in [9.17, 15) is 4.79 Å². The normalized spacial score (nSPS) is 16.4. The lowest BCUT2D eigenvalue weighted by molar-refractivity contribution is -0.127. The Bertz CT molecular complexity index is 1120. The maximum Gasteiger partial charge on any atom is 0.256 e. The van der Waals surface area contributed by atoms with Crippen LogP contribution in [0.2, 0.25) is 0 Å². The van der Waals surface area contributed by atoms with Gasteiger partial charge in [-0.1, -0.05) is 60.2 Å². The standard InChI is InChI=1S/C28H33N3O3/c1-19-10-12-20(13-11-19)14-15-24-22-18-25(33-3)28(34-4)30-23(22)16-17-31(24)26(27(32)29-2)21-8-6-5-7-9-21/h5-13,18,24,26H,14-17H2,1-4H3,(H,29,32). The topological polar surface area (TPSA) is 63.7 Å². The quantitative estimate of drug-likeness (QED) is 0.540. The number of hydrogen-bond donors (Lipinski definition) is 1. The summed E-state index contributed by atoms with van der Waals surface area (Å²) in [5.74, 6) is 1.10. The molecule has 1 N–H and O–H groups in total. The molecule has 0 saturated carbocycles. The SMILES string of the molecule is CNC(=O)C(c1ccccc1)N1CCc2nc(OC)c(OC)cc2C1CCc1ccc(C)cc1. The fraction of sp³-hybridized carbons (Fsp3) is 0.357. The van der Waals surface area contributed by atoms with Gasteiger partial charge in [-0.3, -0.25) is 9.69 Å². The fourth-order valence-corrected chi connectivity index (χ4v) is 4.83. The minimum Gasteiger partial charge on any atom is -0.491 e. The predicted molar refractivity (Wildman–Crippen MR) is 133 cm³/mol. The first-order valence-electron chi connectivity index (χ1n) is 11.7. The second-order valence-electron chi connectivity index (χ2n) is 8.69. The molecule has 6 nitrogen and oxygen atoms in total. The highest BCUT2D eigenvalue weighted by Gasteiger charge is 2.37. The molecule has 0 bridgehead atoms. The zero-order valence-corrected chi connectivity index (χ0v) is 20.4. The summed E-state index contributed by atoms with van der Waals surface area (Å²) in [6.45, 7) is 2.82. The Morgan fingerprint density at radius 1 is 1.12 bits per heavy atom. The van der Waals surface area contributed by atoms with Gasteiger partial charge in [0.25, 0.3) is 5.88 Å². The summed E-state index contributed by atoms with van der Waals surface area (Å²) in [4.78, 5) is 20.3. The van der Waals surface area contributed by atoms with Crippen molar-refractivity contribution in [3.05, 3.63) is 88.6 Å². The molecule has 2 unspecified atom stereocenters. The Morgan fingerprint density at radius 3 is 2.50 bits per heavy atom. The lowest BCUT2D eigenvalue weighted by Crippen LogP contribution is -2.45. The lowest BCUT2D eigenvalue weighted by Gasteiger charge is -2.41. The van der Waals surface area contributed by atoms with Crippen LogP contribution in [0.5, 0.6) is 11.6 Å². The summed E-state index contributed by atoms with van der Waals surface area (Å²) < 4.78 is 11.1. The summed E-state index contributed by atoms with van der Waals surface area (Å²) in [5, 5.41) is 2.89. The highest BCUT2D eigenvalue weighted by atomic mass is 16.5. The average Bonchev–Trinajstić information content (AvgIpc) is 2.88. The van der Waals surface area contributed by atoms with Crippen LogP contribution in [0.4, 0.5) is 0 Å². The molecule has 6 heteroatoms. The number of benzene rings is 2. The second kappa shape index (κ2) is 10.7. The van der Waals surface area contributed by atoms with Crippen LogP contribution in [-0.2, 0) is 17.6 Å². The van der Waals surface area contributed by atoms with E-state index in [1.807, 2.05) is 36.4 Å². The monoisotopic (exact) mass is 459 g/mol. The number of pyridine rings is 1. The molecule has 178 valence electrons. The third-order valence-electron chi connectivity index (χ3n) is 6.62. The van der Waals surface area contributed by atoms with Crippen molar-refractivity contribution in [2.24, 2.45) is 0 Å². The summed E-state index contributed by atoms with van der Waals surface area (Å²) in [5.41, 5.74) is 5.62. The van der Waals surface area contributed by atoms with Crippen LogP contribution in [0.3, 0.4) is 0 Å². The number of aryl methyl sites for hydroxylation is 2. The molecule has 1 aromatic heterocycles. The maximum absolute atomic E-state index is 13.2. The van der Waals surface area contributed by atoms with E-state index < -0.39 is 6.04 Å². The molecule has 3 aromatic rings. The third-order valence-corrected chi connectivity index (χ3v) is 6.62. The van der Waals surface area contributed by atoms with Crippen LogP contribution in [-0.4, -0.2) is 43.6 Å². The first kappa shape index (κ1) is 23.8. The number of likely N-dealkylation sites (N-methyl/N-ethyl adjacent to an activating group) is 1. The van der Waals surface area contributed by atoms with Crippen molar-refractivity contribution < 1.29 is 14.3 Å². The number of nitrogens with zero attached hydrogens (tertiary/aromatic N) is 2. The van der Waals surface area contributed by atoms with Crippen molar-refractivity contribution >= 4 is 5.91 Å². The van der Waals surface area contributed by atoms with E-state index in [2.05, 4.69) is 41.4 Å². The molecule has 34 heavy (non-hydrogen) atoms. The predicted octanol–water partition coefficient (Wildman–Crippen LogP) is 4.43. The van der Waals surface area contributed by atoms with Crippen LogP contribution in [0.1, 0.15) is 46.5 Å². The van der Waals surface area contributed by atoms with Crippen molar-refractivity contribution in [3.63, 3.8) is 0 Å². The molecule has 0 radical (unpaired) electrons. The van der Waals surface area contributed by atoms with Gasteiger partial charge in [-0.25, -0.2) is 4.98 Å². The number of aromatic nitrogens is 1. The molecule has 2 heterocycles. The molecule has 0 fully saturated rings. The van der Waals surface area contributed by atoms with Gasteiger partial charge in [-0.05, 0) is 42.5 Å². The molecular formula is C28H33N3O3. The van der Waals surface area contributed by atoms with Crippen molar-refractivity contribution in [2.75, 3.05) is 27.8 Å². The van der Waals surface area contributed by atoms with Gasteiger partial charge in [0.1, 0.15) is 6.04 Å². The summed E-state index contributed by atoms with van der Waals surface area (Å²) in [7, 11) is 4.94. The van der Waals surface area contributed by atoms with Crippen LogP contribution in [0.15, 0.2) is 60.7 Å². The van der Waals surface area contributed by atoms with Crippen molar-refractivity contribution in [3.8, 4) is 11.6 Å². The molecule has 1 amide bonds. The Labute approximate surface area is 201 Å². The van der Waals surface area contributed by atoms with Gasteiger partial charge >= 0.3 is 0 Å². The van der Waals surface area contributed by atoms with Gasteiger partial charge in [0.15, 0.2) is 5.75 Å². The molecule has 4 rings (SSSR count). The summed E-state index contributed by atoms with van der Waals surface area (Å²) in [6, 6.07) is 20.3. The van der Waals surface area contributed by atoms with E-state index in [-0.39, 0.29) is 11.9 Å². The lowest BCUT2D eigenvalue weighted by atomic mass is 9.88. The number of nitrogens with one attached hydrogen (secondary N) is 1. The van der Waals surface area contributed by atoms with E-state index in [4.69, 9.17) is 14.5 Å². The number of hydrogen-bond acceptors (Lipinski definition) is 5. The Hall–Kier alpha value is -3.38. The highest BCUT2D eigenvalue weighted by Crippen LogP contribution is 2.41. The smallest absolute Gasteiger partial charge is 0.256 e. The van der Waals surface area contributed by atoms with Crippen molar-refractivity contribution in [2.45, 2.75) is 38.3 Å². The van der Waals surface area contributed by atoms with Crippen molar-refractivity contribution in [1.29, 1.82) is 0 Å². The van der Waals surface area contributed by atoms with Crippen LogP contribution >= 0.6 is 0 Å². The number of carbonyl (C=O) groups excluding carboxylic acids is 1. The molecule has 0 spiro atoms. The largest absolute Gasteiger partial charge is 0.491 e. The number of rotatable bonds is 8. The third kappa shape index (κ3) is 4.92. The molecule has 0 aliphatic carbocycles. The number of fused-ring (bicyclic) bond motifs is 1. The van der Waals surface area contributed by atoms with Gasteiger partial charge in [-0.2, -0.15) is 0 Å². The number of carbonyl (C=O) groups is 1. The highest BCUT2D eigenvalue weighted by molar-refractivity contribution is 5.83. The first-order chi connectivity index (χ1) is 16.5. The molecular weight excluding hydrogens is 426 g/mol. The summed E-state index contributed by atoms with van der Waals surface area (Å²) in [6.07, 6.45) is 2.48. The molecule has 1 aliphatic heterocycles. The molecule has 2 atom stereocenters. The van der Waals surface area contributed by atoms with Gasteiger partial charge < -0.3 is 14.8 Å². The van der Waals surface area contributed by atoms with E-state index >= 15 is 0 Å². The summed E-state index contributed by atoms with van der Waals surface area (Å²) >= 11 is 0. The van der Waals surface area contributed by atoms with E-state index in [0.717, 1.165) is 42.6 Å². The Balaban J connectivity index is 1.76. The Kier molecular flexibility index (Phi) is 7.48. The minimum atomic E-state index is -0.393. The van der Waals surface area contributed by atoms with E-state index in [1.54, 1.807) is 21.3 Å². The van der Waals surface area contributed by atoms with Gasteiger partial charge in [-0.15, -0.1) is 0 Å². The van der Waals surface area contributed by atoms with Crippen LogP contribution in [0, 0.1) is 6.92 Å². The maximum atomic E-state index is 13.2. The number of methoxy groups -OCH3 is 2. The van der Waals surface area contributed by atoms with Crippen LogP contribution < -0.4 is 14.8 Å². The van der Waals surface area contributed by atoms with E-state index in [1.165, 1.54) is 11.1 Å². The van der Waals surface area contributed by atoms with Crippen molar-refractivity contribution in [1.82, 2.24) is 15.2 Å². The van der Waals surface area contributed by atoms with Gasteiger partial charge in [0, 0.05) is 26.1 Å². The molecule has 0 saturated heterocycles. The average molecular weight is 460 g/mol. The van der Waals surface area contributed by atoms with Crippen LogP contribution in [0.25, 0.3) is 0 Å². The number of ether oxygens (including phenoxy) is 2. The molecule has 2 aromatic carbocycles. The van der Waals surface area contributed by atoms with Gasteiger partial charge in [0.2, 0.25) is 5.91 Å². The zero-order chi connectivity index (χ0) is 24.1. The van der Waals surface area contributed by atoms with Gasteiger partial charge in [0.05, 0.1) is 19.9 Å². The molecule has 1 aliphatic rings.